The van der Waals surface area contributed by atoms with Gasteiger partial charge in [0.1, 0.15) is 0 Å². The fourth-order valence-corrected chi connectivity index (χ4v) is 2.68. The maximum Gasteiger partial charge on any atom is 0.253 e. The molecule has 0 radical (unpaired) electrons. The predicted octanol–water partition coefficient (Wildman–Crippen LogP) is 2.37. The average molecular weight is 247 g/mol. The number of carbonyl (C=O) groups is 1. The molecule has 0 spiro atoms. The number of amides is 1. The summed E-state index contributed by atoms with van der Waals surface area (Å²) in [7, 11) is 1.80. The van der Waals surface area contributed by atoms with E-state index in [1.807, 2.05) is 31.2 Å². The van der Waals surface area contributed by atoms with E-state index in [1.54, 1.807) is 11.9 Å². The van der Waals surface area contributed by atoms with Crippen LogP contribution in [0.15, 0.2) is 24.3 Å². The lowest BCUT2D eigenvalue weighted by molar-refractivity contribution is 0.0268. The van der Waals surface area contributed by atoms with E-state index in [9.17, 15) is 9.90 Å². The molecule has 0 aromatic heterocycles. The van der Waals surface area contributed by atoms with Gasteiger partial charge in [-0.05, 0) is 31.9 Å². The Bertz CT molecular complexity index is 430. The highest BCUT2D eigenvalue weighted by atomic mass is 16.3. The molecule has 0 heterocycles. The highest BCUT2D eigenvalue weighted by molar-refractivity contribution is 5.94. The highest BCUT2D eigenvalue weighted by Crippen LogP contribution is 2.23. The van der Waals surface area contributed by atoms with Gasteiger partial charge in [0.15, 0.2) is 0 Å². The third-order valence-corrected chi connectivity index (χ3v) is 3.78. The van der Waals surface area contributed by atoms with E-state index < -0.39 is 0 Å². The molecule has 1 fully saturated rings. The molecule has 1 amide bonds. The number of benzene rings is 1. The average Bonchev–Trinajstić information content (AvgIpc) is 2.37. The number of rotatable bonds is 2. The van der Waals surface area contributed by atoms with Gasteiger partial charge >= 0.3 is 0 Å². The van der Waals surface area contributed by atoms with Gasteiger partial charge in [-0.1, -0.05) is 30.5 Å². The summed E-state index contributed by atoms with van der Waals surface area (Å²) in [5.41, 5.74) is 1.79. The van der Waals surface area contributed by atoms with Crippen molar-refractivity contribution in [3.05, 3.63) is 35.4 Å². The summed E-state index contributed by atoms with van der Waals surface area (Å²) in [6, 6.07) is 7.57. The van der Waals surface area contributed by atoms with Crippen LogP contribution < -0.4 is 0 Å². The first-order valence-electron chi connectivity index (χ1n) is 6.61. The van der Waals surface area contributed by atoms with Crippen molar-refractivity contribution in [1.82, 2.24) is 4.90 Å². The number of nitrogens with zero attached hydrogens (tertiary/aromatic N) is 1. The Hall–Kier alpha value is -1.35. The van der Waals surface area contributed by atoms with Gasteiger partial charge in [0.05, 0.1) is 12.1 Å². The molecule has 1 N–H and O–H groups in total. The molecule has 3 heteroatoms. The molecule has 3 nitrogen and oxygen atoms in total. The second-order valence-electron chi connectivity index (χ2n) is 5.20. The third-order valence-electron chi connectivity index (χ3n) is 3.78. The molecule has 1 aliphatic rings. The van der Waals surface area contributed by atoms with E-state index in [0.29, 0.717) is 5.56 Å². The van der Waals surface area contributed by atoms with Crippen molar-refractivity contribution in [2.45, 2.75) is 44.8 Å². The van der Waals surface area contributed by atoms with Gasteiger partial charge in [-0.2, -0.15) is 0 Å². The minimum absolute atomic E-state index is 0.00431. The zero-order valence-corrected chi connectivity index (χ0v) is 11.1. The van der Waals surface area contributed by atoms with Gasteiger partial charge in [0, 0.05) is 12.6 Å². The number of likely N-dealkylation sites (N-methyl/N-ethyl adjacent to an activating group) is 1. The Morgan fingerprint density at radius 3 is 2.72 bits per heavy atom. The molecule has 1 aliphatic carbocycles. The van der Waals surface area contributed by atoms with Crippen LogP contribution in [-0.2, 0) is 0 Å². The fourth-order valence-electron chi connectivity index (χ4n) is 2.68. The van der Waals surface area contributed by atoms with Crippen LogP contribution in [0.5, 0.6) is 0 Å². The zero-order valence-electron chi connectivity index (χ0n) is 11.1. The minimum atomic E-state index is -0.377. The Kier molecular flexibility index (Phi) is 4.02. The molecule has 0 aliphatic heterocycles. The van der Waals surface area contributed by atoms with Crippen molar-refractivity contribution < 1.29 is 9.90 Å². The summed E-state index contributed by atoms with van der Waals surface area (Å²) in [5, 5.41) is 10.00. The highest BCUT2D eigenvalue weighted by Gasteiger charge is 2.29. The van der Waals surface area contributed by atoms with Crippen LogP contribution in [0.4, 0.5) is 0 Å². The number of hydrogen-bond acceptors (Lipinski definition) is 2. The predicted molar refractivity (Wildman–Crippen MR) is 71.5 cm³/mol. The number of aliphatic hydroxyl groups is 1. The van der Waals surface area contributed by atoms with Crippen molar-refractivity contribution >= 4 is 5.91 Å². The molecule has 0 saturated heterocycles. The maximum atomic E-state index is 12.4. The molecule has 18 heavy (non-hydrogen) atoms. The summed E-state index contributed by atoms with van der Waals surface area (Å²) in [6.45, 7) is 1.98. The van der Waals surface area contributed by atoms with E-state index in [1.165, 1.54) is 0 Å². The quantitative estimate of drug-likeness (QED) is 0.871. The number of aryl methyl sites for hydroxylation is 1. The summed E-state index contributed by atoms with van der Waals surface area (Å²) < 4.78 is 0. The fraction of sp³-hybridized carbons (Fsp3) is 0.533. The summed E-state index contributed by atoms with van der Waals surface area (Å²) in [5.74, 6) is 0.00431. The standard InChI is InChI=1S/C15H21NO2/c1-11-6-5-7-12(10-11)15(18)16(2)13-8-3-4-9-14(13)17/h5-7,10,13-14,17H,3-4,8-9H2,1-2H3/t13-,14-/m0/s1. The number of carbonyl (C=O) groups excluding carboxylic acids is 1. The lowest BCUT2D eigenvalue weighted by Gasteiger charge is -2.35. The SMILES string of the molecule is Cc1cccc(C(=O)N(C)[C@H]2CCCC[C@@H]2O)c1. The van der Waals surface area contributed by atoms with Crippen LogP contribution in [0.2, 0.25) is 0 Å². The molecule has 1 aromatic rings. The number of hydrogen-bond donors (Lipinski definition) is 1. The van der Waals surface area contributed by atoms with Crippen LogP contribution in [-0.4, -0.2) is 35.1 Å². The second kappa shape index (κ2) is 5.53. The first-order chi connectivity index (χ1) is 8.59. The first-order valence-corrected chi connectivity index (χ1v) is 6.61. The van der Waals surface area contributed by atoms with E-state index in [4.69, 9.17) is 0 Å². The van der Waals surface area contributed by atoms with Gasteiger partial charge in [-0.3, -0.25) is 4.79 Å². The molecule has 1 saturated carbocycles. The first kappa shape index (κ1) is 13.1. The molecule has 0 bridgehead atoms. The van der Waals surface area contributed by atoms with E-state index in [-0.39, 0.29) is 18.1 Å². The van der Waals surface area contributed by atoms with Gasteiger partial charge in [0.25, 0.3) is 5.91 Å². The van der Waals surface area contributed by atoms with Crippen molar-refractivity contribution in [2.24, 2.45) is 0 Å². The Morgan fingerprint density at radius 2 is 2.06 bits per heavy atom. The normalized spacial score (nSPS) is 23.7. The van der Waals surface area contributed by atoms with Crippen molar-refractivity contribution in [2.75, 3.05) is 7.05 Å². The van der Waals surface area contributed by atoms with Gasteiger partial charge in [-0.15, -0.1) is 0 Å². The van der Waals surface area contributed by atoms with Crippen LogP contribution in [0.3, 0.4) is 0 Å². The van der Waals surface area contributed by atoms with Crippen LogP contribution >= 0.6 is 0 Å². The Labute approximate surface area is 108 Å². The van der Waals surface area contributed by atoms with Crippen LogP contribution in [0.25, 0.3) is 0 Å². The molecule has 1 aromatic carbocycles. The molecule has 2 rings (SSSR count). The number of aliphatic hydroxyl groups excluding tert-OH is 1. The van der Waals surface area contributed by atoms with Gasteiger partial charge < -0.3 is 10.0 Å². The largest absolute Gasteiger partial charge is 0.391 e. The summed E-state index contributed by atoms with van der Waals surface area (Å²) in [4.78, 5) is 14.1. The Morgan fingerprint density at radius 1 is 1.33 bits per heavy atom. The Balaban J connectivity index is 2.13. The van der Waals surface area contributed by atoms with Crippen LogP contribution in [0.1, 0.15) is 41.6 Å². The molecule has 2 atom stereocenters. The molecular weight excluding hydrogens is 226 g/mol. The lowest BCUT2D eigenvalue weighted by atomic mass is 9.91. The molecule has 98 valence electrons. The summed E-state index contributed by atoms with van der Waals surface area (Å²) in [6.07, 6.45) is 3.47. The molecule has 0 unspecified atom stereocenters. The molecular formula is C15H21NO2. The monoisotopic (exact) mass is 247 g/mol. The lowest BCUT2D eigenvalue weighted by Crippen LogP contribution is -2.46. The topological polar surface area (TPSA) is 40.5 Å². The summed E-state index contributed by atoms with van der Waals surface area (Å²) >= 11 is 0. The zero-order chi connectivity index (χ0) is 13.1. The van der Waals surface area contributed by atoms with Gasteiger partial charge in [0.2, 0.25) is 0 Å². The van der Waals surface area contributed by atoms with E-state index in [0.717, 1.165) is 31.2 Å². The van der Waals surface area contributed by atoms with Crippen molar-refractivity contribution in [1.29, 1.82) is 0 Å². The van der Waals surface area contributed by atoms with Gasteiger partial charge in [-0.25, -0.2) is 0 Å². The van der Waals surface area contributed by atoms with Crippen LogP contribution in [0, 0.1) is 6.92 Å². The minimum Gasteiger partial charge on any atom is -0.391 e. The third kappa shape index (κ3) is 2.72. The van der Waals surface area contributed by atoms with E-state index >= 15 is 0 Å². The maximum absolute atomic E-state index is 12.4. The van der Waals surface area contributed by atoms with E-state index in [2.05, 4.69) is 0 Å². The smallest absolute Gasteiger partial charge is 0.253 e. The van der Waals surface area contributed by atoms with Crippen molar-refractivity contribution in [3.63, 3.8) is 0 Å². The second-order valence-corrected chi connectivity index (χ2v) is 5.20. The van der Waals surface area contributed by atoms with Crippen molar-refractivity contribution in [3.8, 4) is 0 Å².